The van der Waals surface area contributed by atoms with E-state index in [1.165, 1.54) is 25.3 Å². The molecule has 2 aromatic carbocycles. The molecule has 0 radical (unpaired) electrons. The Morgan fingerprint density at radius 3 is 2.40 bits per heavy atom. The number of benzene rings is 2. The van der Waals surface area contributed by atoms with E-state index in [0.717, 1.165) is 0 Å². The first-order chi connectivity index (χ1) is 14.4. The van der Waals surface area contributed by atoms with Crippen LogP contribution in [0.5, 0.6) is 11.5 Å². The van der Waals surface area contributed by atoms with Crippen LogP contribution in [0.25, 0.3) is 6.08 Å². The third-order valence-corrected chi connectivity index (χ3v) is 4.23. The lowest BCUT2D eigenvalue weighted by molar-refractivity contribution is -0.112. The second-order valence-corrected chi connectivity index (χ2v) is 6.29. The Bertz CT molecular complexity index is 994. The number of rotatable bonds is 8. The van der Waals surface area contributed by atoms with Crippen LogP contribution in [-0.2, 0) is 9.53 Å². The molecule has 8 heteroatoms. The molecule has 0 aliphatic carbocycles. The van der Waals surface area contributed by atoms with Gasteiger partial charge in [0.15, 0.2) is 11.5 Å². The number of hydrogen-bond donors (Lipinski definition) is 1. The van der Waals surface area contributed by atoms with Gasteiger partial charge in [-0.25, -0.2) is 4.79 Å². The highest BCUT2D eigenvalue weighted by atomic mass is 35.5. The number of nitrogens with one attached hydrogen (secondary N) is 1. The van der Waals surface area contributed by atoms with Gasteiger partial charge < -0.3 is 19.5 Å². The molecule has 0 aliphatic rings. The summed E-state index contributed by atoms with van der Waals surface area (Å²) in [7, 11) is 1.48. The molecule has 0 saturated heterocycles. The molecule has 1 amide bonds. The third-order valence-electron chi connectivity index (χ3n) is 3.90. The van der Waals surface area contributed by atoms with Crippen molar-refractivity contribution in [2.45, 2.75) is 13.8 Å². The molecule has 7 nitrogen and oxygen atoms in total. The van der Waals surface area contributed by atoms with E-state index in [9.17, 15) is 14.9 Å². The zero-order valence-electron chi connectivity index (χ0n) is 16.8. The summed E-state index contributed by atoms with van der Waals surface area (Å²) in [5.74, 6) is -0.177. The number of ether oxygens (including phenoxy) is 3. The number of esters is 1. The maximum atomic E-state index is 12.5. The van der Waals surface area contributed by atoms with Crippen molar-refractivity contribution in [2.24, 2.45) is 0 Å². The highest BCUT2D eigenvalue weighted by molar-refractivity contribution is 6.32. The van der Waals surface area contributed by atoms with E-state index in [-0.39, 0.29) is 12.2 Å². The van der Waals surface area contributed by atoms with E-state index in [4.69, 9.17) is 25.8 Å². The number of hydrogen-bond acceptors (Lipinski definition) is 6. The van der Waals surface area contributed by atoms with Gasteiger partial charge in [0.2, 0.25) is 0 Å². The van der Waals surface area contributed by atoms with Gasteiger partial charge >= 0.3 is 5.97 Å². The van der Waals surface area contributed by atoms with E-state index < -0.39 is 11.9 Å². The largest absolute Gasteiger partial charge is 0.493 e. The fourth-order valence-corrected chi connectivity index (χ4v) is 2.70. The Labute approximate surface area is 179 Å². The second kappa shape index (κ2) is 10.9. The van der Waals surface area contributed by atoms with E-state index in [0.29, 0.717) is 39.9 Å². The molecule has 0 heterocycles. The molecule has 30 heavy (non-hydrogen) atoms. The van der Waals surface area contributed by atoms with Crippen molar-refractivity contribution in [3.8, 4) is 17.6 Å². The molecule has 0 saturated carbocycles. The highest BCUT2D eigenvalue weighted by Gasteiger charge is 2.14. The van der Waals surface area contributed by atoms with Gasteiger partial charge in [-0.05, 0) is 55.8 Å². The monoisotopic (exact) mass is 428 g/mol. The minimum Gasteiger partial charge on any atom is -0.493 e. The molecule has 0 unspecified atom stereocenters. The molecular weight excluding hydrogens is 408 g/mol. The molecule has 0 aromatic heterocycles. The Morgan fingerprint density at radius 2 is 1.83 bits per heavy atom. The molecule has 0 aliphatic heterocycles. The van der Waals surface area contributed by atoms with Crippen molar-refractivity contribution in [1.82, 2.24) is 0 Å². The molecule has 1 N–H and O–H groups in total. The average molecular weight is 429 g/mol. The zero-order valence-corrected chi connectivity index (χ0v) is 17.6. The number of carbonyl (C=O) groups is 2. The minimum atomic E-state index is -0.620. The molecule has 2 aromatic rings. The van der Waals surface area contributed by atoms with E-state index in [2.05, 4.69) is 5.32 Å². The van der Waals surface area contributed by atoms with Crippen molar-refractivity contribution < 1.29 is 23.8 Å². The van der Waals surface area contributed by atoms with Gasteiger partial charge in [-0.2, -0.15) is 5.26 Å². The zero-order chi connectivity index (χ0) is 22.1. The van der Waals surface area contributed by atoms with Crippen LogP contribution in [0.15, 0.2) is 42.0 Å². The second-order valence-electron chi connectivity index (χ2n) is 5.88. The van der Waals surface area contributed by atoms with E-state index in [1.54, 1.807) is 31.2 Å². The number of carbonyl (C=O) groups excluding carboxylic acids is 2. The molecule has 2 rings (SSSR count). The van der Waals surface area contributed by atoms with Crippen LogP contribution in [0.3, 0.4) is 0 Å². The minimum absolute atomic E-state index is 0.155. The number of nitrogens with zero attached hydrogens (tertiary/aromatic N) is 1. The summed E-state index contributed by atoms with van der Waals surface area (Å²) in [6, 6.07) is 11.2. The number of nitriles is 1. The van der Waals surface area contributed by atoms with Crippen LogP contribution in [0.4, 0.5) is 5.69 Å². The smallest absolute Gasteiger partial charge is 0.338 e. The van der Waals surface area contributed by atoms with E-state index in [1.807, 2.05) is 13.0 Å². The maximum absolute atomic E-state index is 12.5. The number of amides is 1. The lowest BCUT2D eigenvalue weighted by Crippen LogP contribution is -2.13. The molecule has 0 fully saturated rings. The van der Waals surface area contributed by atoms with Crippen molar-refractivity contribution >= 4 is 35.2 Å². The molecule has 0 bridgehead atoms. The molecule has 156 valence electrons. The SMILES string of the molecule is CCOC(=O)c1ccc(NC(=O)/C(C#N)=C/c2cc(OC)c(OCC)cc2Cl)cc1. The van der Waals surface area contributed by atoms with Crippen LogP contribution >= 0.6 is 11.6 Å². The van der Waals surface area contributed by atoms with Gasteiger partial charge in [-0.15, -0.1) is 0 Å². The summed E-state index contributed by atoms with van der Waals surface area (Å²) >= 11 is 6.27. The van der Waals surface area contributed by atoms with Gasteiger partial charge in [-0.3, -0.25) is 4.79 Å². The summed E-state index contributed by atoms with van der Waals surface area (Å²) in [6.45, 7) is 4.25. The topological polar surface area (TPSA) is 97.7 Å². The van der Waals surface area contributed by atoms with Crippen molar-refractivity contribution in [1.29, 1.82) is 5.26 Å². The van der Waals surface area contributed by atoms with Gasteiger partial charge in [0.1, 0.15) is 11.6 Å². The standard InChI is InChI=1S/C22H21ClN2O5/c1-4-29-20-12-18(23)15(11-19(20)28-3)10-16(13-24)21(26)25-17-8-6-14(7-9-17)22(27)30-5-2/h6-12H,4-5H2,1-3H3,(H,25,26)/b16-10+. The lowest BCUT2D eigenvalue weighted by Gasteiger charge is -2.11. The molecular formula is C22H21ClN2O5. The van der Waals surface area contributed by atoms with Crippen LogP contribution in [0.2, 0.25) is 5.02 Å². The maximum Gasteiger partial charge on any atom is 0.338 e. The Balaban J connectivity index is 2.23. The van der Waals surface area contributed by atoms with Gasteiger partial charge in [0.05, 0.1) is 30.9 Å². The summed E-state index contributed by atoms with van der Waals surface area (Å²) in [5.41, 5.74) is 1.06. The lowest BCUT2D eigenvalue weighted by atomic mass is 10.1. The van der Waals surface area contributed by atoms with Gasteiger partial charge in [0, 0.05) is 11.8 Å². The Hall–Kier alpha value is -3.50. The fraction of sp³-hybridized carbons (Fsp3) is 0.227. The Morgan fingerprint density at radius 1 is 1.13 bits per heavy atom. The first kappa shape index (κ1) is 22.8. The summed E-state index contributed by atoms with van der Waals surface area (Å²) in [5, 5.41) is 12.3. The number of halogens is 1. The highest BCUT2D eigenvalue weighted by Crippen LogP contribution is 2.34. The Kier molecular flexibility index (Phi) is 8.27. The van der Waals surface area contributed by atoms with Crippen LogP contribution < -0.4 is 14.8 Å². The van der Waals surface area contributed by atoms with Crippen molar-refractivity contribution in [3.05, 3.63) is 58.1 Å². The predicted molar refractivity (Wildman–Crippen MR) is 114 cm³/mol. The van der Waals surface area contributed by atoms with Crippen LogP contribution in [-0.4, -0.2) is 32.2 Å². The third kappa shape index (κ3) is 5.75. The molecule has 0 spiro atoms. The average Bonchev–Trinajstić information content (AvgIpc) is 2.74. The number of anilines is 1. The fourth-order valence-electron chi connectivity index (χ4n) is 2.50. The molecule has 0 atom stereocenters. The summed E-state index contributed by atoms with van der Waals surface area (Å²) in [6.07, 6.45) is 1.36. The van der Waals surface area contributed by atoms with Crippen molar-refractivity contribution in [3.63, 3.8) is 0 Å². The number of methoxy groups -OCH3 is 1. The van der Waals surface area contributed by atoms with Gasteiger partial charge in [-0.1, -0.05) is 11.6 Å². The normalized spacial score (nSPS) is 10.7. The first-order valence-electron chi connectivity index (χ1n) is 9.14. The summed E-state index contributed by atoms with van der Waals surface area (Å²) in [4.78, 5) is 24.2. The summed E-state index contributed by atoms with van der Waals surface area (Å²) < 4.78 is 15.6. The quantitative estimate of drug-likeness (QED) is 0.378. The van der Waals surface area contributed by atoms with E-state index >= 15 is 0 Å². The van der Waals surface area contributed by atoms with Crippen molar-refractivity contribution in [2.75, 3.05) is 25.6 Å². The van der Waals surface area contributed by atoms with Crippen LogP contribution in [0.1, 0.15) is 29.8 Å². The van der Waals surface area contributed by atoms with Gasteiger partial charge in [0.25, 0.3) is 5.91 Å². The first-order valence-corrected chi connectivity index (χ1v) is 9.51. The predicted octanol–water partition coefficient (Wildman–Crippen LogP) is 4.47. The van der Waals surface area contributed by atoms with Crippen LogP contribution in [0, 0.1) is 11.3 Å².